The molecule has 0 radical (unpaired) electrons. The Kier molecular flexibility index (Phi) is 6.39. The minimum Gasteiger partial charge on any atom is -0.491 e. The highest BCUT2D eigenvalue weighted by Crippen LogP contribution is 2.32. The van der Waals surface area contributed by atoms with E-state index in [1.807, 2.05) is 30.3 Å². The quantitative estimate of drug-likeness (QED) is 0.401. The van der Waals surface area contributed by atoms with Crippen molar-refractivity contribution in [3.05, 3.63) is 76.9 Å². The Bertz CT molecular complexity index is 1710. The van der Waals surface area contributed by atoms with Crippen LogP contribution in [0.15, 0.2) is 53.4 Å². The standard InChI is InChI=1S/C27H25FN4O5S/c1-3-18-19(6-9-23(24(18)28)38(2,35)36)27(34)32-10-11-37-22-8-5-15(12-17(22)14-32)16-4-7-20-21(13-16)31-26(30-20)25(29)33/h4-9,12-13H,3,10-11,14H2,1-2H3,(H2,29,33)(H,30,31). The van der Waals surface area contributed by atoms with Crippen molar-refractivity contribution < 1.29 is 27.1 Å². The Morgan fingerprint density at radius 3 is 2.58 bits per heavy atom. The Labute approximate surface area is 218 Å². The van der Waals surface area contributed by atoms with Gasteiger partial charge in [-0.2, -0.15) is 0 Å². The number of carbonyl (C=O) groups excluding carboxylic acids is 2. The lowest BCUT2D eigenvalue weighted by molar-refractivity contribution is 0.0731. The first kappa shape index (κ1) is 25.4. The van der Waals surface area contributed by atoms with Gasteiger partial charge in [0.25, 0.3) is 11.8 Å². The van der Waals surface area contributed by atoms with Gasteiger partial charge in [-0.05, 0) is 53.9 Å². The third-order valence-electron chi connectivity index (χ3n) is 6.57. The molecule has 0 unspecified atom stereocenters. The molecule has 38 heavy (non-hydrogen) atoms. The first-order valence-electron chi connectivity index (χ1n) is 11.9. The van der Waals surface area contributed by atoms with E-state index in [-0.39, 0.29) is 43.1 Å². The van der Waals surface area contributed by atoms with Crippen LogP contribution in [0.4, 0.5) is 4.39 Å². The van der Waals surface area contributed by atoms with Crippen molar-refractivity contribution in [2.75, 3.05) is 19.4 Å². The zero-order valence-corrected chi connectivity index (χ0v) is 21.6. The van der Waals surface area contributed by atoms with Gasteiger partial charge in [-0.1, -0.05) is 19.1 Å². The minimum atomic E-state index is -3.78. The maximum Gasteiger partial charge on any atom is 0.284 e. The number of hydrogen-bond donors (Lipinski definition) is 2. The number of nitrogens with one attached hydrogen (secondary N) is 1. The minimum absolute atomic E-state index is 0.0697. The van der Waals surface area contributed by atoms with Crippen LogP contribution in [0.2, 0.25) is 0 Å². The van der Waals surface area contributed by atoms with E-state index < -0.39 is 32.4 Å². The molecule has 0 saturated heterocycles. The molecule has 0 aliphatic carbocycles. The monoisotopic (exact) mass is 536 g/mol. The topological polar surface area (TPSA) is 135 Å². The molecular formula is C27H25FN4O5S. The van der Waals surface area contributed by atoms with Crippen molar-refractivity contribution >= 4 is 32.7 Å². The summed E-state index contributed by atoms with van der Waals surface area (Å²) < 4.78 is 44.9. The van der Waals surface area contributed by atoms with Gasteiger partial charge in [-0.25, -0.2) is 17.8 Å². The number of aromatic amines is 1. The molecule has 11 heteroatoms. The molecule has 4 aromatic rings. The van der Waals surface area contributed by atoms with E-state index in [0.29, 0.717) is 16.8 Å². The summed E-state index contributed by atoms with van der Waals surface area (Å²) in [7, 11) is -3.78. The number of fused-ring (bicyclic) bond motifs is 2. The number of nitrogens with zero attached hydrogens (tertiary/aromatic N) is 2. The number of amides is 2. The second-order valence-corrected chi connectivity index (χ2v) is 11.1. The predicted molar refractivity (Wildman–Crippen MR) is 139 cm³/mol. The van der Waals surface area contributed by atoms with E-state index in [4.69, 9.17) is 10.5 Å². The SMILES string of the molecule is CCc1c(C(=O)N2CCOc3ccc(-c4ccc5nc(C(N)=O)[nH]c5c4)cc3C2)ccc(S(C)(=O)=O)c1F. The molecule has 9 nitrogen and oxygen atoms in total. The molecule has 0 spiro atoms. The van der Waals surface area contributed by atoms with Crippen LogP contribution < -0.4 is 10.5 Å². The highest BCUT2D eigenvalue weighted by molar-refractivity contribution is 7.90. The van der Waals surface area contributed by atoms with Crippen LogP contribution in [-0.2, 0) is 22.8 Å². The first-order valence-corrected chi connectivity index (χ1v) is 13.8. The molecule has 1 aliphatic heterocycles. The number of H-pyrrole nitrogens is 1. The zero-order chi connectivity index (χ0) is 27.2. The first-order chi connectivity index (χ1) is 18.1. The van der Waals surface area contributed by atoms with Crippen molar-refractivity contribution in [2.45, 2.75) is 24.8 Å². The lowest BCUT2D eigenvalue weighted by Gasteiger charge is -2.22. The fourth-order valence-electron chi connectivity index (χ4n) is 4.66. The molecule has 3 N–H and O–H groups in total. The predicted octanol–water partition coefficient (Wildman–Crippen LogP) is 3.47. The van der Waals surface area contributed by atoms with E-state index in [1.165, 1.54) is 6.07 Å². The summed E-state index contributed by atoms with van der Waals surface area (Å²) in [4.78, 5) is 33.2. The second-order valence-electron chi connectivity index (χ2n) is 9.11. The van der Waals surface area contributed by atoms with Crippen molar-refractivity contribution in [2.24, 2.45) is 5.73 Å². The van der Waals surface area contributed by atoms with Gasteiger partial charge in [-0.3, -0.25) is 9.59 Å². The third kappa shape index (κ3) is 4.60. The van der Waals surface area contributed by atoms with E-state index in [2.05, 4.69) is 9.97 Å². The number of primary amides is 1. The number of benzene rings is 3. The summed E-state index contributed by atoms with van der Waals surface area (Å²) in [5.41, 5.74) is 9.27. The largest absolute Gasteiger partial charge is 0.491 e. The van der Waals surface area contributed by atoms with Crippen LogP contribution in [0, 0.1) is 5.82 Å². The molecule has 0 fully saturated rings. The summed E-state index contributed by atoms with van der Waals surface area (Å²) in [5, 5.41) is 0. The lowest BCUT2D eigenvalue weighted by Crippen LogP contribution is -2.33. The van der Waals surface area contributed by atoms with Crippen LogP contribution in [-0.4, -0.2) is 54.5 Å². The summed E-state index contributed by atoms with van der Waals surface area (Å²) in [6, 6.07) is 13.7. The van der Waals surface area contributed by atoms with E-state index in [1.54, 1.807) is 17.9 Å². The van der Waals surface area contributed by atoms with Crippen LogP contribution >= 0.6 is 0 Å². The molecular weight excluding hydrogens is 511 g/mol. The van der Waals surface area contributed by atoms with Gasteiger partial charge in [0.15, 0.2) is 15.7 Å². The molecule has 3 aromatic carbocycles. The van der Waals surface area contributed by atoms with Crippen LogP contribution in [0.5, 0.6) is 5.75 Å². The average Bonchev–Trinajstić information content (AvgIpc) is 3.19. The van der Waals surface area contributed by atoms with Gasteiger partial charge in [0.1, 0.15) is 23.1 Å². The molecule has 0 atom stereocenters. The normalized spacial score (nSPS) is 13.6. The van der Waals surface area contributed by atoms with Crippen LogP contribution in [0.1, 0.15) is 39.0 Å². The lowest BCUT2D eigenvalue weighted by atomic mass is 10.0. The van der Waals surface area contributed by atoms with Gasteiger partial charge < -0.3 is 20.4 Å². The van der Waals surface area contributed by atoms with Crippen molar-refractivity contribution in [3.63, 3.8) is 0 Å². The summed E-state index contributed by atoms with van der Waals surface area (Å²) in [6.07, 6.45) is 1.10. The average molecular weight is 537 g/mol. The molecule has 2 amide bonds. The second kappa shape index (κ2) is 9.56. The molecule has 5 rings (SSSR count). The highest BCUT2D eigenvalue weighted by Gasteiger charge is 2.27. The summed E-state index contributed by atoms with van der Waals surface area (Å²) in [5.74, 6) is -1.22. The molecule has 1 aliphatic rings. The smallest absolute Gasteiger partial charge is 0.284 e. The highest BCUT2D eigenvalue weighted by atomic mass is 32.2. The maximum atomic E-state index is 15.1. The Morgan fingerprint density at radius 1 is 1.13 bits per heavy atom. The number of sulfone groups is 1. The van der Waals surface area contributed by atoms with E-state index >= 15 is 4.39 Å². The van der Waals surface area contributed by atoms with E-state index in [9.17, 15) is 18.0 Å². The van der Waals surface area contributed by atoms with Crippen LogP contribution in [0.3, 0.4) is 0 Å². The van der Waals surface area contributed by atoms with Gasteiger partial charge in [0.2, 0.25) is 0 Å². The molecule has 0 saturated carbocycles. The van der Waals surface area contributed by atoms with E-state index in [0.717, 1.165) is 29.0 Å². The van der Waals surface area contributed by atoms with Crippen molar-refractivity contribution in [1.82, 2.24) is 14.9 Å². The van der Waals surface area contributed by atoms with Crippen molar-refractivity contribution in [3.8, 4) is 16.9 Å². The Balaban J connectivity index is 1.48. The number of aromatic nitrogens is 2. The fourth-order valence-corrected chi connectivity index (χ4v) is 5.42. The Morgan fingerprint density at radius 2 is 1.87 bits per heavy atom. The van der Waals surface area contributed by atoms with Gasteiger partial charge in [0.05, 0.1) is 17.6 Å². The molecule has 196 valence electrons. The van der Waals surface area contributed by atoms with Crippen LogP contribution in [0.25, 0.3) is 22.2 Å². The number of nitrogens with two attached hydrogens (primary N) is 1. The van der Waals surface area contributed by atoms with Crippen molar-refractivity contribution in [1.29, 1.82) is 0 Å². The molecule has 2 heterocycles. The van der Waals surface area contributed by atoms with Gasteiger partial charge in [0, 0.05) is 29.5 Å². The fraction of sp³-hybridized carbons (Fsp3) is 0.222. The molecule has 0 bridgehead atoms. The summed E-state index contributed by atoms with van der Waals surface area (Å²) in [6.45, 7) is 2.42. The summed E-state index contributed by atoms with van der Waals surface area (Å²) >= 11 is 0. The molecule has 1 aromatic heterocycles. The van der Waals surface area contributed by atoms with Gasteiger partial charge >= 0.3 is 0 Å². The number of hydrogen-bond acceptors (Lipinski definition) is 6. The number of rotatable bonds is 5. The number of halogens is 1. The zero-order valence-electron chi connectivity index (χ0n) is 20.7. The Hall–Kier alpha value is -4.25. The number of ether oxygens (including phenoxy) is 1. The maximum absolute atomic E-state index is 15.1. The number of imidazole rings is 1. The number of carbonyl (C=O) groups is 2. The van der Waals surface area contributed by atoms with Gasteiger partial charge in [-0.15, -0.1) is 0 Å². The third-order valence-corrected chi connectivity index (χ3v) is 7.68.